The highest BCUT2D eigenvalue weighted by Gasteiger charge is 2.22. The van der Waals surface area contributed by atoms with Crippen molar-refractivity contribution < 1.29 is 10.2 Å². The third-order valence-electron chi connectivity index (χ3n) is 4.58. The van der Waals surface area contributed by atoms with Crippen molar-refractivity contribution in [3.63, 3.8) is 0 Å². The second-order valence-electron chi connectivity index (χ2n) is 6.72. The highest BCUT2D eigenvalue weighted by molar-refractivity contribution is 5.75. The van der Waals surface area contributed by atoms with E-state index in [2.05, 4.69) is 41.4 Å². The standard InChI is InChI=1S/C22H29N3O2/c1-2-13-25-21(14-23)20-9-7-19(8-10-20)18-5-3-17(4-6-18)11-12-22(24,15-26)16-27/h3-10,13-14,26-27H,2,11-12,15-16,23-24H2,1H3/b21-14-,25-13?. The fourth-order valence-electron chi connectivity index (χ4n) is 2.70. The molecule has 5 heteroatoms. The van der Waals surface area contributed by atoms with Crippen molar-refractivity contribution in [1.82, 2.24) is 0 Å². The number of aliphatic hydroxyl groups excluding tert-OH is 2. The number of aryl methyl sites for hydroxylation is 1. The zero-order valence-electron chi connectivity index (χ0n) is 15.8. The lowest BCUT2D eigenvalue weighted by molar-refractivity contribution is 0.115. The SMILES string of the molecule is CCC=N/C(=C\N)c1ccc(-c2ccc(CCC(N)(CO)CO)cc2)cc1. The molecule has 0 bridgehead atoms. The molecule has 27 heavy (non-hydrogen) atoms. The molecule has 0 atom stereocenters. The third-order valence-corrected chi connectivity index (χ3v) is 4.58. The molecule has 6 N–H and O–H groups in total. The summed E-state index contributed by atoms with van der Waals surface area (Å²) in [5.41, 5.74) is 15.8. The number of hydrogen-bond donors (Lipinski definition) is 4. The Bertz CT molecular complexity index is 761. The first kappa shape index (κ1) is 20.8. The molecule has 2 rings (SSSR count). The molecule has 144 valence electrons. The quantitative estimate of drug-likeness (QED) is 0.511. The van der Waals surface area contributed by atoms with Crippen LogP contribution >= 0.6 is 0 Å². The Hall–Kier alpha value is -2.47. The Morgan fingerprint density at radius 2 is 1.56 bits per heavy atom. The maximum Gasteiger partial charge on any atom is 0.0852 e. The average Bonchev–Trinajstić information content (AvgIpc) is 2.73. The Kier molecular flexibility index (Phi) is 7.73. The van der Waals surface area contributed by atoms with Crippen LogP contribution in [0.5, 0.6) is 0 Å². The van der Waals surface area contributed by atoms with E-state index in [0.717, 1.165) is 34.4 Å². The maximum absolute atomic E-state index is 9.28. The van der Waals surface area contributed by atoms with Gasteiger partial charge in [0.2, 0.25) is 0 Å². The first-order chi connectivity index (χ1) is 13.0. The van der Waals surface area contributed by atoms with Crippen LogP contribution < -0.4 is 11.5 Å². The molecule has 0 radical (unpaired) electrons. The first-order valence-corrected chi connectivity index (χ1v) is 9.20. The van der Waals surface area contributed by atoms with Gasteiger partial charge in [0, 0.05) is 18.0 Å². The summed E-state index contributed by atoms with van der Waals surface area (Å²) >= 11 is 0. The van der Waals surface area contributed by atoms with E-state index in [9.17, 15) is 10.2 Å². The minimum atomic E-state index is -0.928. The molecule has 0 heterocycles. The summed E-state index contributed by atoms with van der Waals surface area (Å²) in [5, 5.41) is 18.6. The van der Waals surface area contributed by atoms with Crippen LogP contribution in [0.25, 0.3) is 16.8 Å². The summed E-state index contributed by atoms with van der Waals surface area (Å²) in [6, 6.07) is 16.4. The van der Waals surface area contributed by atoms with Crippen LogP contribution in [0.4, 0.5) is 0 Å². The van der Waals surface area contributed by atoms with E-state index in [1.807, 2.05) is 25.3 Å². The summed E-state index contributed by atoms with van der Waals surface area (Å²) in [6.45, 7) is 1.58. The van der Waals surface area contributed by atoms with Crippen LogP contribution in [-0.4, -0.2) is 35.2 Å². The van der Waals surface area contributed by atoms with Crippen LogP contribution in [-0.2, 0) is 6.42 Å². The molecule has 0 fully saturated rings. The van der Waals surface area contributed by atoms with Crippen LogP contribution in [0.3, 0.4) is 0 Å². The Morgan fingerprint density at radius 3 is 2.04 bits per heavy atom. The van der Waals surface area contributed by atoms with Crippen LogP contribution in [0.15, 0.2) is 59.7 Å². The zero-order chi connectivity index (χ0) is 19.7. The number of rotatable bonds is 9. The number of hydrogen-bond acceptors (Lipinski definition) is 5. The van der Waals surface area contributed by atoms with Gasteiger partial charge in [-0.1, -0.05) is 55.5 Å². The summed E-state index contributed by atoms with van der Waals surface area (Å²) in [5.74, 6) is 0. The van der Waals surface area contributed by atoms with E-state index in [1.54, 1.807) is 0 Å². The lowest BCUT2D eigenvalue weighted by atomic mass is 9.93. The molecule has 0 spiro atoms. The first-order valence-electron chi connectivity index (χ1n) is 9.20. The second-order valence-corrected chi connectivity index (χ2v) is 6.72. The summed E-state index contributed by atoms with van der Waals surface area (Å²) < 4.78 is 0. The molecule has 0 aromatic heterocycles. The fourth-order valence-corrected chi connectivity index (χ4v) is 2.70. The van der Waals surface area contributed by atoms with Crippen molar-refractivity contribution in [3.8, 4) is 11.1 Å². The third kappa shape index (κ3) is 5.76. The lowest BCUT2D eigenvalue weighted by Crippen LogP contribution is -2.47. The van der Waals surface area contributed by atoms with Gasteiger partial charge in [0.15, 0.2) is 0 Å². The van der Waals surface area contributed by atoms with Gasteiger partial charge in [0.1, 0.15) is 0 Å². The molecule has 0 amide bonds. The van der Waals surface area contributed by atoms with Gasteiger partial charge in [-0.3, -0.25) is 4.99 Å². The van der Waals surface area contributed by atoms with Crippen molar-refractivity contribution in [2.24, 2.45) is 16.5 Å². The number of benzene rings is 2. The van der Waals surface area contributed by atoms with E-state index in [1.165, 1.54) is 6.20 Å². The highest BCUT2D eigenvalue weighted by Crippen LogP contribution is 2.24. The van der Waals surface area contributed by atoms with Crippen LogP contribution in [0, 0.1) is 0 Å². The number of aliphatic imine (C=N–C) groups is 1. The van der Waals surface area contributed by atoms with E-state index >= 15 is 0 Å². The Morgan fingerprint density at radius 1 is 1.00 bits per heavy atom. The molecule has 0 aliphatic carbocycles. The predicted octanol–water partition coefficient (Wildman–Crippen LogP) is 2.71. The summed E-state index contributed by atoms with van der Waals surface area (Å²) in [7, 11) is 0. The van der Waals surface area contributed by atoms with Crippen molar-refractivity contribution in [1.29, 1.82) is 0 Å². The van der Waals surface area contributed by atoms with Gasteiger partial charge in [0.25, 0.3) is 0 Å². The minimum Gasteiger partial charge on any atom is -0.403 e. The molecule has 0 aliphatic heterocycles. The van der Waals surface area contributed by atoms with Gasteiger partial charge in [-0.25, -0.2) is 0 Å². The lowest BCUT2D eigenvalue weighted by Gasteiger charge is -2.24. The number of nitrogens with two attached hydrogens (primary N) is 2. The number of aliphatic hydroxyl groups is 2. The molecular formula is C22H29N3O2. The Balaban J connectivity index is 2.08. The van der Waals surface area contributed by atoms with Gasteiger partial charge in [-0.2, -0.15) is 0 Å². The smallest absolute Gasteiger partial charge is 0.0852 e. The van der Waals surface area contributed by atoms with E-state index < -0.39 is 5.54 Å². The van der Waals surface area contributed by atoms with E-state index in [-0.39, 0.29) is 13.2 Å². The molecule has 0 saturated carbocycles. The molecule has 0 aliphatic rings. The van der Waals surface area contributed by atoms with Crippen molar-refractivity contribution in [3.05, 3.63) is 65.9 Å². The molecule has 0 unspecified atom stereocenters. The van der Waals surface area contributed by atoms with E-state index in [0.29, 0.717) is 12.8 Å². The molecule has 0 saturated heterocycles. The van der Waals surface area contributed by atoms with Crippen molar-refractivity contribution in [2.75, 3.05) is 13.2 Å². The zero-order valence-corrected chi connectivity index (χ0v) is 15.8. The van der Waals surface area contributed by atoms with Gasteiger partial charge >= 0.3 is 0 Å². The van der Waals surface area contributed by atoms with Gasteiger partial charge < -0.3 is 21.7 Å². The van der Waals surface area contributed by atoms with Gasteiger partial charge in [-0.05, 0) is 36.0 Å². The minimum absolute atomic E-state index is 0.227. The number of nitrogens with zero attached hydrogens (tertiary/aromatic N) is 1. The maximum atomic E-state index is 9.28. The van der Waals surface area contributed by atoms with Crippen molar-refractivity contribution >= 4 is 11.9 Å². The summed E-state index contributed by atoms with van der Waals surface area (Å²) in [4.78, 5) is 4.36. The Labute approximate surface area is 161 Å². The molecular weight excluding hydrogens is 338 g/mol. The largest absolute Gasteiger partial charge is 0.403 e. The highest BCUT2D eigenvalue weighted by atomic mass is 16.3. The molecule has 5 nitrogen and oxygen atoms in total. The topological polar surface area (TPSA) is 105 Å². The average molecular weight is 367 g/mol. The van der Waals surface area contributed by atoms with Crippen LogP contribution in [0.1, 0.15) is 30.9 Å². The fraction of sp³-hybridized carbons (Fsp3) is 0.318. The summed E-state index contributed by atoms with van der Waals surface area (Å²) in [6.07, 6.45) is 5.46. The second kappa shape index (κ2) is 10.0. The molecule has 2 aromatic carbocycles. The monoisotopic (exact) mass is 367 g/mol. The normalized spacial score (nSPS) is 12.7. The van der Waals surface area contributed by atoms with Gasteiger partial charge in [-0.15, -0.1) is 0 Å². The molecule has 2 aromatic rings. The van der Waals surface area contributed by atoms with E-state index in [4.69, 9.17) is 11.5 Å². The van der Waals surface area contributed by atoms with Crippen LogP contribution in [0.2, 0.25) is 0 Å². The van der Waals surface area contributed by atoms with Gasteiger partial charge in [0.05, 0.1) is 24.4 Å². The van der Waals surface area contributed by atoms with Crippen molar-refractivity contribution in [2.45, 2.75) is 31.7 Å². The predicted molar refractivity (Wildman–Crippen MR) is 112 cm³/mol.